The Bertz CT molecular complexity index is 243. The van der Waals surface area contributed by atoms with Gasteiger partial charge in [0.15, 0.2) is 0 Å². The van der Waals surface area contributed by atoms with E-state index < -0.39 is 18.8 Å². The number of hydrogen-bond acceptors (Lipinski definition) is 6. The minimum atomic E-state index is -1.02. The molecule has 0 aromatic heterocycles. The van der Waals surface area contributed by atoms with Crippen LogP contribution in [0.15, 0.2) is 24.8 Å². The Morgan fingerprint density at radius 2 is 1.74 bits per heavy atom. The molecule has 0 aromatic carbocycles. The van der Waals surface area contributed by atoms with Gasteiger partial charge in [-0.15, -0.1) is 6.58 Å². The third kappa shape index (κ3) is 8.88. The molecule has 6 heteroatoms. The summed E-state index contributed by atoms with van der Waals surface area (Å²) in [6.45, 7) is 3.43. The minimum Gasteiger partial charge on any atom is -0.394 e. The zero-order valence-corrected chi connectivity index (χ0v) is 11.5. The Kier molecular flexibility index (Phi) is 11.8. The van der Waals surface area contributed by atoms with Crippen LogP contribution in [0.5, 0.6) is 0 Å². The van der Waals surface area contributed by atoms with Gasteiger partial charge < -0.3 is 29.2 Å². The van der Waals surface area contributed by atoms with Crippen LogP contribution in [0.2, 0.25) is 0 Å². The molecule has 0 amide bonds. The Labute approximate surface area is 114 Å². The third-order valence-electron chi connectivity index (χ3n) is 2.26. The molecule has 112 valence electrons. The first kappa shape index (κ1) is 18.2. The summed E-state index contributed by atoms with van der Waals surface area (Å²) in [4.78, 5) is 0. The average Bonchev–Trinajstić information content (AvgIpc) is 2.43. The maximum absolute atomic E-state index is 9.60. The molecule has 0 unspecified atom stereocenters. The summed E-state index contributed by atoms with van der Waals surface area (Å²) in [7, 11) is 3.02. The first-order valence-electron chi connectivity index (χ1n) is 5.98. The van der Waals surface area contributed by atoms with Crippen molar-refractivity contribution < 1.29 is 29.2 Å². The molecule has 0 aromatic rings. The summed E-state index contributed by atoms with van der Waals surface area (Å²) >= 11 is 0. The van der Waals surface area contributed by atoms with E-state index in [1.165, 1.54) is 14.2 Å². The molecule has 2 N–H and O–H groups in total. The van der Waals surface area contributed by atoms with Crippen molar-refractivity contribution in [3.8, 4) is 0 Å². The van der Waals surface area contributed by atoms with E-state index in [0.717, 1.165) is 0 Å². The molecule has 0 bridgehead atoms. The van der Waals surface area contributed by atoms with Crippen LogP contribution in [-0.4, -0.2) is 62.9 Å². The fraction of sp³-hybridized carbons (Fsp3) is 0.692. The van der Waals surface area contributed by atoms with E-state index in [4.69, 9.17) is 24.1 Å². The first-order valence-corrected chi connectivity index (χ1v) is 5.98. The zero-order chi connectivity index (χ0) is 14.5. The lowest BCUT2D eigenvalue weighted by atomic mass is 10.1. The molecule has 3 atom stereocenters. The lowest BCUT2D eigenvalue weighted by Crippen LogP contribution is -2.31. The normalized spacial score (nSPS) is 16.4. The van der Waals surface area contributed by atoms with Crippen molar-refractivity contribution >= 4 is 0 Å². The fourth-order valence-electron chi connectivity index (χ4n) is 1.30. The van der Waals surface area contributed by atoms with E-state index in [1.54, 1.807) is 18.2 Å². The van der Waals surface area contributed by atoms with Crippen LogP contribution in [0, 0.1) is 0 Å². The monoisotopic (exact) mass is 276 g/mol. The topological polar surface area (TPSA) is 77.4 Å². The summed E-state index contributed by atoms with van der Waals surface area (Å²) in [6, 6.07) is 0. The Morgan fingerprint density at radius 1 is 1.11 bits per heavy atom. The van der Waals surface area contributed by atoms with Gasteiger partial charge in [-0.2, -0.15) is 0 Å². The predicted molar refractivity (Wildman–Crippen MR) is 70.5 cm³/mol. The van der Waals surface area contributed by atoms with Crippen molar-refractivity contribution in [2.75, 3.05) is 34.4 Å². The summed E-state index contributed by atoms with van der Waals surface area (Å²) in [6.07, 6.45) is 3.78. The van der Waals surface area contributed by atoms with Gasteiger partial charge in [0.2, 0.25) is 0 Å². The Balaban J connectivity index is 4.46. The van der Waals surface area contributed by atoms with Crippen molar-refractivity contribution in [3.05, 3.63) is 24.8 Å². The predicted octanol–water partition coefficient (Wildman–Crippen LogP) is 0.450. The van der Waals surface area contributed by atoms with Crippen LogP contribution >= 0.6 is 0 Å². The second-order valence-corrected chi connectivity index (χ2v) is 3.81. The molecule has 0 fully saturated rings. The minimum absolute atomic E-state index is 0.0249. The van der Waals surface area contributed by atoms with Crippen LogP contribution in [0.3, 0.4) is 0 Å². The van der Waals surface area contributed by atoms with Crippen LogP contribution < -0.4 is 0 Å². The lowest BCUT2D eigenvalue weighted by molar-refractivity contribution is -0.103. The van der Waals surface area contributed by atoms with Crippen LogP contribution in [0.25, 0.3) is 0 Å². The van der Waals surface area contributed by atoms with Gasteiger partial charge in [-0.3, -0.25) is 0 Å². The average molecular weight is 276 g/mol. The highest BCUT2D eigenvalue weighted by atomic mass is 16.7. The maximum Gasteiger partial charge on any atom is 0.147 e. The third-order valence-corrected chi connectivity index (χ3v) is 2.26. The molecule has 0 spiro atoms. The number of aliphatic hydroxyl groups excluding tert-OH is 2. The molecule has 0 aliphatic carbocycles. The van der Waals surface area contributed by atoms with E-state index in [2.05, 4.69) is 6.58 Å². The largest absolute Gasteiger partial charge is 0.394 e. The highest BCUT2D eigenvalue weighted by Gasteiger charge is 2.16. The summed E-state index contributed by atoms with van der Waals surface area (Å²) in [5, 5.41) is 18.5. The highest BCUT2D eigenvalue weighted by Crippen LogP contribution is 2.07. The zero-order valence-electron chi connectivity index (χ0n) is 11.5. The maximum atomic E-state index is 9.60. The van der Waals surface area contributed by atoms with Crippen molar-refractivity contribution in [1.29, 1.82) is 0 Å². The molecular weight excluding hydrogens is 252 g/mol. The number of hydrogen-bond donors (Lipinski definition) is 2. The van der Waals surface area contributed by atoms with Gasteiger partial charge in [-0.25, -0.2) is 0 Å². The van der Waals surface area contributed by atoms with Crippen LogP contribution in [-0.2, 0) is 18.9 Å². The molecule has 0 heterocycles. The van der Waals surface area contributed by atoms with Gasteiger partial charge in [0, 0.05) is 14.2 Å². The van der Waals surface area contributed by atoms with Gasteiger partial charge in [0.1, 0.15) is 25.8 Å². The lowest BCUT2D eigenvalue weighted by Gasteiger charge is -2.19. The molecule has 0 saturated carbocycles. The summed E-state index contributed by atoms with van der Waals surface area (Å²) < 4.78 is 20.2. The van der Waals surface area contributed by atoms with Gasteiger partial charge >= 0.3 is 0 Å². The van der Waals surface area contributed by atoms with Crippen molar-refractivity contribution in [3.63, 3.8) is 0 Å². The summed E-state index contributed by atoms with van der Waals surface area (Å²) in [5.74, 6) is 0. The number of methoxy groups -OCH3 is 2. The second kappa shape index (κ2) is 12.3. The van der Waals surface area contributed by atoms with E-state index in [1.807, 2.05) is 0 Å². The fourth-order valence-corrected chi connectivity index (χ4v) is 1.30. The molecule has 0 aliphatic rings. The smallest absolute Gasteiger partial charge is 0.147 e. The number of rotatable bonds is 12. The van der Waals surface area contributed by atoms with E-state index >= 15 is 0 Å². The number of ether oxygens (including phenoxy) is 4. The van der Waals surface area contributed by atoms with Crippen molar-refractivity contribution in [2.24, 2.45) is 0 Å². The quantitative estimate of drug-likeness (QED) is 0.398. The summed E-state index contributed by atoms with van der Waals surface area (Å²) in [5.41, 5.74) is 0. The SMILES string of the molecule is C=CC[C@H](/C=C/[C@H](OCOC)[C@H](O)CO)OCOC. The standard InChI is InChI=1S/C13H24O6/c1-4-5-11(18-9-16-2)6-7-13(12(15)8-14)19-10-17-3/h4,6-7,11-15H,1,5,8-10H2,2-3H3/b7-6+/t11-,12-,13+/m1/s1. The van der Waals surface area contributed by atoms with Gasteiger partial charge in [-0.05, 0) is 6.42 Å². The van der Waals surface area contributed by atoms with Gasteiger partial charge in [0.05, 0.1) is 12.7 Å². The molecule has 0 radical (unpaired) electrons. The van der Waals surface area contributed by atoms with E-state index in [0.29, 0.717) is 6.42 Å². The first-order chi connectivity index (χ1) is 9.19. The van der Waals surface area contributed by atoms with Gasteiger partial charge in [-0.1, -0.05) is 18.2 Å². The molecule has 0 rings (SSSR count). The molecule has 19 heavy (non-hydrogen) atoms. The molecule has 6 nitrogen and oxygen atoms in total. The highest BCUT2D eigenvalue weighted by molar-refractivity contribution is 4.99. The molecule has 0 saturated heterocycles. The van der Waals surface area contributed by atoms with E-state index in [-0.39, 0.29) is 19.7 Å². The Morgan fingerprint density at radius 3 is 2.26 bits per heavy atom. The van der Waals surface area contributed by atoms with Gasteiger partial charge in [0.25, 0.3) is 0 Å². The van der Waals surface area contributed by atoms with E-state index in [9.17, 15) is 5.11 Å². The van der Waals surface area contributed by atoms with Crippen molar-refractivity contribution in [1.82, 2.24) is 0 Å². The van der Waals surface area contributed by atoms with Crippen LogP contribution in [0.1, 0.15) is 6.42 Å². The molecular formula is C13H24O6. The number of aliphatic hydroxyl groups is 2. The van der Waals surface area contributed by atoms with Crippen LogP contribution in [0.4, 0.5) is 0 Å². The molecule has 0 aliphatic heterocycles. The van der Waals surface area contributed by atoms with Crippen molar-refractivity contribution in [2.45, 2.75) is 24.7 Å². The Hall–Kier alpha value is -0.760. The second-order valence-electron chi connectivity index (χ2n) is 3.81.